The zero-order chi connectivity index (χ0) is 32.3. The van der Waals surface area contributed by atoms with Crippen LogP contribution in [0.2, 0.25) is 0 Å². The van der Waals surface area contributed by atoms with Crippen LogP contribution in [0.1, 0.15) is 0 Å². The zero-order valence-corrected chi connectivity index (χ0v) is 26.2. The number of para-hydroxylation sites is 1. The van der Waals surface area contributed by atoms with Gasteiger partial charge in [0.2, 0.25) is 0 Å². The van der Waals surface area contributed by atoms with E-state index in [9.17, 15) is 0 Å². The molecule has 49 heavy (non-hydrogen) atoms. The van der Waals surface area contributed by atoms with E-state index in [4.69, 9.17) is 24.4 Å². The minimum atomic E-state index is 0.564. The third-order valence-electron chi connectivity index (χ3n) is 9.30. The number of rotatable bonds is 4. The number of fused-ring (bicyclic) bond motifs is 6. The van der Waals surface area contributed by atoms with Crippen LogP contribution in [0.5, 0.6) is 0 Å². The van der Waals surface area contributed by atoms with Crippen molar-refractivity contribution in [1.82, 2.24) is 19.9 Å². The van der Waals surface area contributed by atoms with Gasteiger partial charge in [-0.05, 0) is 56.9 Å². The van der Waals surface area contributed by atoms with E-state index < -0.39 is 0 Å². The molecule has 0 N–H and O–H groups in total. The second kappa shape index (κ2) is 10.9. The summed E-state index contributed by atoms with van der Waals surface area (Å²) in [5.41, 5.74) is 8.17. The molecular weight excluding hydrogens is 601 g/mol. The Labute approximate surface area is 281 Å². The van der Waals surface area contributed by atoms with Gasteiger partial charge in [-0.15, -0.1) is 0 Å². The molecule has 0 fully saturated rings. The summed E-state index contributed by atoms with van der Waals surface area (Å²) in [6.07, 6.45) is 0. The Balaban J connectivity index is 1.17. The average molecular weight is 627 g/mol. The van der Waals surface area contributed by atoms with Crippen LogP contribution in [0, 0.1) is 0 Å². The summed E-state index contributed by atoms with van der Waals surface area (Å²) < 4.78 is 6.35. The van der Waals surface area contributed by atoms with Crippen molar-refractivity contribution in [2.45, 2.75) is 0 Å². The van der Waals surface area contributed by atoms with Gasteiger partial charge in [-0.3, -0.25) is 0 Å². The Morgan fingerprint density at radius 3 is 1.88 bits per heavy atom. The van der Waals surface area contributed by atoms with Crippen molar-refractivity contribution in [3.63, 3.8) is 0 Å². The summed E-state index contributed by atoms with van der Waals surface area (Å²) in [6.45, 7) is 0. The van der Waals surface area contributed by atoms with Crippen molar-refractivity contribution >= 4 is 54.5 Å². The van der Waals surface area contributed by atoms with Gasteiger partial charge in [0.05, 0.1) is 10.9 Å². The molecule has 0 unspecified atom stereocenters. The zero-order valence-electron chi connectivity index (χ0n) is 26.2. The summed E-state index contributed by atoms with van der Waals surface area (Å²) >= 11 is 0. The van der Waals surface area contributed by atoms with Crippen molar-refractivity contribution in [3.8, 4) is 45.3 Å². The quantitative estimate of drug-likeness (QED) is 0.194. The van der Waals surface area contributed by atoms with E-state index >= 15 is 0 Å². The summed E-state index contributed by atoms with van der Waals surface area (Å²) in [4.78, 5) is 20.3. The Hall–Kier alpha value is -6.72. The first-order valence-electron chi connectivity index (χ1n) is 16.3. The first-order chi connectivity index (χ1) is 24.2. The van der Waals surface area contributed by atoms with Gasteiger partial charge in [-0.1, -0.05) is 133 Å². The summed E-state index contributed by atoms with van der Waals surface area (Å²) in [5, 5.41) is 6.65. The molecule has 7 aromatic carbocycles. The third kappa shape index (κ3) is 4.63. The van der Waals surface area contributed by atoms with Crippen LogP contribution in [0.15, 0.2) is 162 Å². The van der Waals surface area contributed by atoms with E-state index in [2.05, 4.69) is 121 Å². The van der Waals surface area contributed by atoms with Crippen molar-refractivity contribution < 1.29 is 4.42 Å². The smallest absolute Gasteiger partial charge is 0.164 e. The van der Waals surface area contributed by atoms with E-state index in [1.54, 1.807) is 0 Å². The number of pyridine rings is 1. The fourth-order valence-corrected chi connectivity index (χ4v) is 6.88. The minimum Gasteiger partial charge on any atom is -0.454 e. The standard InChI is InChI=1S/C44H26N4O/c1-2-11-31-25-33(24-19-27(31)9-1)43-46-42(30-22-20-29(21-23-30)35-15-7-13-28-10-3-5-14-34(28)35)47-44(48-43)36-16-8-18-38-40(36)41-39(49-38)26-32-12-4-6-17-37(32)45-41/h1-26H. The van der Waals surface area contributed by atoms with E-state index in [0.29, 0.717) is 17.5 Å². The number of aromatic nitrogens is 4. The molecule has 228 valence electrons. The number of nitrogens with zero attached hydrogens (tertiary/aromatic N) is 4. The predicted octanol–water partition coefficient (Wildman–Crippen LogP) is 11.3. The van der Waals surface area contributed by atoms with Crippen LogP contribution >= 0.6 is 0 Å². The van der Waals surface area contributed by atoms with Crippen LogP contribution in [0.25, 0.3) is 99.8 Å². The maximum atomic E-state index is 6.35. The number of hydrogen-bond acceptors (Lipinski definition) is 5. The van der Waals surface area contributed by atoms with Crippen molar-refractivity contribution in [3.05, 3.63) is 158 Å². The van der Waals surface area contributed by atoms with Crippen LogP contribution in [-0.4, -0.2) is 19.9 Å². The average Bonchev–Trinajstić information content (AvgIpc) is 3.54. The molecule has 0 aliphatic carbocycles. The number of hydrogen-bond donors (Lipinski definition) is 0. The molecule has 0 spiro atoms. The second-order valence-electron chi connectivity index (χ2n) is 12.3. The summed E-state index contributed by atoms with van der Waals surface area (Å²) in [7, 11) is 0. The molecule has 0 aliphatic rings. The van der Waals surface area contributed by atoms with Crippen LogP contribution in [0.3, 0.4) is 0 Å². The van der Waals surface area contributed by atoms with Crippen molar-refractivity contribution in [2.24, 2.45) is 0 Å². The van der Waals surface area contributed by atoms with Crippen LogP contribution in [-0.2, 0) is 0 Å². The Morgan fingerprint density at radius 2 is 1.00 bits per heavy atom. The molecule has 5 nitrogen and oxygen atoms in total. The molecule has 5 heteroatoms. The molecule has 0 bridgehead atoms. The Bertz CT molecular complexity index is 2890. The fourth-order valence-electron chi connectivity index (χ4n) is 6.88. The summed E-state index contributed by atoms with van der Waals surface area (Å²) in [5.74, 6) is 1.77. The first kappa shape index (κ1) is 27.4. The van der Waals surface area contributed by atoms with Gasteiger partial charge in [-0.2, -0.15) is 0 Å². The lowest BCUT2D eigenvalue weighted by molar-refractivity contribution is 0.669. The lowest BCUT2D eigenvalue weighted by Crippen LogP contribution is -2.00. The SMILES string of the molecule is c1ccc2cc(-c3nc(-c4ccc(-c5cccc6ccccc56)cc4)nc(-c4cccc5oc6cc7ccccc7nc6c45)n3)ccc2c1. The highest BCUT2D eigenvalue weighted by molar-refractivity contribution is 6.12. The number of benzene rings is 7. The molecule has 10 rings (SSSR count). The fraction of sp³-hybridized carbons (Fsp3) is 0. The lowest BCUT2D eigenvalue weighted by atomic mass is 9.97. The Morgan fingerprint density at radius 1 is 0.367 bits per heavy atom. The van der Waals surface area contributed by atoms with Gasteiger partial charge in [0, 0.05) is 22.1 Å². The van der Waals surface area contributed by atoms with Gasteiger partial charge in [0.25, 0.3) is 0 Å². The van der Waals surface area contributed by atoms with E-state index in [-0.39, 0.29) is 0 Å². The topological polar surface area (TPSA) is 64.7 Å². The normalized spacial score (nSPS) is 11.7. The monoisotopic (exact) mass is 626 g/mol. The van der Waals surface area contributed by atoms with Gasteiger partial charge in [0.15, 0.2) is 23.1 Å². The van der Waals surface area contributed by atoms with Gasteiger partial charge in [0.1, 0.15) is 11.1 Å². The molecule has 10 aromatic rings. The molecule has 0 aliphatic heterocycles. The van der Waals surface area contributed by atoms with Crippen LogP contribution in [0.4, 0.5) is 0 Å². The van der Waals surface area contributed by atoms with Crippen molar-refractivity contribution in [2.75, 3.05) is 0 Å². The maximum Gasteiger partial charge on any atom is 0.164 e. The predicted molar refractivity (Wildman–Crippen MR) is 199 cm³/mol. The number of furan rings is 1. The molecular formula is C44H26N4O. The van der Waals surface area contributed by atoms with Gasteiger partial charge >= 0.3 is 0 Å². The third-order valence-corrected chi connectivity index (χ3v) is 9.30. The van der Waals surface area contributed by atoms with Crippen molar-refractivity contribution in [1.29, 1.82) is 0 Å². The minimum absolute atomic E-state index is 0.564. The molecule has 0 atom stereocenters. The van der Waals surface area contributed by atoms with E-state index in [1.165, 1.54) is 16.3 Å². The molecule has 0 amide bonds. The Kier molecular flexibility index (Phi) is 6.11. The highest BCUT2D eigenvalue weighted by atomic mass is 16.3. The van der Waals surface area contributed by atoms with Crippen LogP contribution < -0.4 is 0 Å². The maximum absolute atomic E-state index is 6.35. The first-order valence-corrected chi connectivity index (χ1v) is 16.3. The lowest BCUT2D eigenvalue weighted by Gasteiger charge is -2.11. The largest absolute Gasteiger partial charge is 0.454 e. The second-order valence-corrected chi connectivity index (χ2v) is 12.3. The van der Waals surface area contributed by atoms with Gasteiger partial charge in [-0.25, -0.2) is 19.9 Å². The van der Waals surface area contributed by atoms with E-state index in [0.717, 1.165) is 66.0 Å². The summed E-state index contributed by atoms with van der Waals surface area (Å²) in [6, 6.07) is 54.2. The molecule has 3 heterocycles. The van der Waals surface area contributed by atoms with Gasteiger partial charge < -0.3 is 4.42 Å². The highest BCUT2D eigenvalue weighted by Gasteiger charge is 2.19. The molecule has 0 radical (unpaired) electrons. The molecule has 0 saturated heterocycles. The molecule has 3 aromatic heterocycles. The molecule has 0 saturated carbocycles. The highest BCUT2D eigenvalue weighted by Crippen LogP contribution is 2.37. The van der Waals surface area contributed by atoms with E-state index in [1.807, 2.05) is 36.4 Å².